The van der Waals surface area contributed by atoms with Gasteiger partial charge in [-0.3, -0.25) is 4.79 Å². The molecular formula is C16H20N2O2. The van der Waals surface area contributed by atoms with E-state index in [1.54, 1.807) is 0 Å². The number of para-hydroxylation sites is 1. The lowest BCUT2D eigenvalue weighted by Gasteiger charge is -2.22. The number of hydrogen-bond donors (Lipinski definition) is 2. The number of rotatable bonds is 3. The van der Waals surface area contributed by atoms with Crippen molar-refractivity contribution < 1.29 is 9.90 Å². The zero-order valence-electron chi connectivity index (χ0n) is 11.7. The van der Waals surface area contributed by atoms with E-state index in [1.807, 2.05) is 17.2 Å². The fourth-order valence-electron chi connectivity index (χ4n) is 3.13. The zero-order chi connectivity index (χ0) is 14.1. The van der Waals surface area contributed by atoms with E-state index in [4.69, 9.17) is 0 Å². The fraction of sp³-hybridized carbons (Fsp3) is 0.438. The van der Waals surface area contributed by atoms with E-state index in [-0.39, 0.29) is 18.6 Å². The molecule has 1 aromatic carbocycles. The van der Waals surface area contributed by atoms with Crippen LogP contribution in [0, 0.1) is 6.92 Å². The van der Waals surface area contributed by atoms with Crippen LogP contribution in [0.15, 0.2) is 24.4 Å². The largest absolute Gasteiger partial charge is 0.394 e. The lowest BCUT2D eigenvalue weighted by molar-refractivity contribution is -0.131. The van der Waals surface area contributed by atoms with Gasteiger partial charge in [-0.1, -0.05) is 18.2 Å². The number of H-pyrrole nitrogens is 1. The molecule has 1 aliphatic heterocycles. The SMILES string of the molecule is Cc1cccc2c(CC(=O)N3CCC[C@@H]3CO)c[nH]c12. The van der Waals surface area contributed by atoms with E-state index < -0.39 is 0 Å². The number of carbonyl (C=O) groups is 1. The van der Waals surface area contributed by atoms with Gasteiger partial charge in [0, 0.05) is 23.6 Å². The van der Waals surface area contributed by atoms with Crippen LogP contribution in [0.4, 0.5) is 0 Å². The standard InChI is InChI=1S/C16H20N2O2/c1-11-4-2-6-14-12(9-17-16(11)14)8-15(20)18-7-3-5-13(18)10-19/h2,4,6,9,13,17,19H,3,5,7-8,10H2,1H3/t13-/m1/s1. The number of nitrogens with zero attached hydrogens (tertiary/aromatic N) is 1. The predicted octanol–water partition coefficient (Wildman–Crippen LogP) is 2.00. The highest BCUT2D eigenvalue weighted by Gasteiger charge is 2.28. The first-order valence-corrected chi connectivity index (χ1v) is 7.16. The first-order valence-electron chi connectivity index (χ1n) is 7.16. The average Bonchev–Trinajstić information content (AvgIpc) is 3.06. The number of aliphatic hydroxyl groups is 1. The number of benzene rings is 1. The minimum absolute atomic E-state index is 0.00874. The Bertz CT molecular complexity index is 632. The van der Waals surface area contributed by atoms with Gasteiger partial charge in [-0.15, -0.1) is 0 Å². The maximum atomic E-state index is 12.4. The Hall–Kier alpha value is -1.81. The summed E-state index contributed by atoms with van der Waals surface area (Å²) in [6.45, 7) is 2.90. The lowest BCUT2D eigenvalue weighted by atomic mass is 10.1. The molecule has 0 saturated carbocycles. The van der Waals surface area contributed by atoms with Crippen LogP contribution in [0.1, 0.15) is 24.0 Å². The second kappa shape index (κ2) is 5.29. The van der Waals surface area contributed by atoms with Crippen LogP contribution in [-0.4, -0.2) is 40.1 Å². The Labute approximate surface area is 118 Å². The van der Waals surface area contributed by atoms with Crippen LogP contribution >= 0.6 is 0 Å². The Morgan fingerprint density at radius 1 is 1.50 bits per heavy atom. The van der Waals surface area contributed by atoms with Gasteiger partial charge in [-0.25, -0.2) is 0 Å². The molecule has 1 amide bonds. The number of aliphatic hydroxyl groups excluding tert-OH is 1. The minimum atomic E-state index is 0.00874. The molecule has 4 nitrogen and oxygen atoms in total. The number of aryl methyl sites for hydroxylation is 1. The van der Waals surface area contributed by atoms with Crippen LogP contribution in [0.3, 0.4) is 0 Å². The quantitative estimate of drug-likeness (QED) is 0.898. The molecule has 2 aromatic rings. The number of amides is 1. The highest BCUT2D eigenvalue weighted by atomic mass is 16.3. The molecule has 0 radical (unpaired) electrons. The van der Waals surface area contributed by atoms with Crippen molar-refractivity contribution in [2.24, 2.45) is 0 Å². The number of aromatic nitrogens is 1. The molecule has 1 aliphatic rings. The van der Waals surface area contributed by atoms with Crippen molar-refractivity contribution >= 4 is 16.8 Å². The van der Waals surface area contributed by atoms with Crippen molar-refractivity contribution in [3.63, 3.8) is 0 Å². The first kappa shape index (κ1) is 13.2. The smallest absolute Gasteiger partial charge is 0.227 e. The van der Waals surface area contributed by atoms with Gasteiger partial charge < -0.3 is 15.0 Å². The van der Waals surface area contributed by atoms with Gasteiger partial charge in [0.2, 0.25) is 5.91 Å². The summed E-state index contributed by atoms with van der Waals surface area (Å²) >= 11 is 0. The van der Waals surface area contributed by atoms with Crippen molar-refractivity contribution in [1.82, 2.24) is 9.88 Å². The Balaban J connectivity index is 1.83. The van der Waals surface area contributed by atoms with E-state index in [9.17, 15) is 9.90 Å². The molecule has 106 valence electrons. The Morgan fingerprint density at radius 2 is 2.35 bits per heavy atom. The summed E-state index contributed by atoms with van der Waals surface area (Å²) in [5.41, 5.74) is 3.34. The number of hydrogen-bond acceptors (Lipinski definition) is 2. The maximum Gasteiger partial charge on any atom is 0.227 e. The summed E-state index contributed by atoms with van der Waals surface area (Å²) in [7, 11) is 0. The summed E-state index contributed by atoms with van der Waals surface area (Å²) < 4.78 is 0. The third-order valence-corrected chi connectivity index (χ3v) is 4.26. The van der Waals surface area contributed by atoms with E-state index >= 15 is 0 Å². The molecule has 1 saturated heterocycles. The molecule has 0 spiro atoms. The molecule has 4 heteroatoms. The summed E-state index contributed by atoms with van der Waals surface area (Å²) in [4.78, 5) is 17.5. The molecular weight excluding hydrogens is 252 g/mol. The number of aromatic amines is 1. The van der Waals surface area contributed by atoms with Gasteiger partial charge >= 0.3 is 0 Å². The Kier molecular flexibility index (Phi) is 3.49. The number of nitrogens with one attached hydrogen (secondary N) is 1. The third kappa shape index (κ3) is 2.20. The predicted molar refractivity (Wildman–Crippen MR) is 78.6 cm³/mol. The van der Waals surface area contributed by atoms with Crippen LogP contribution < -0.4 is 0 Å². The molecule has 1 atom stereocenters. The van der Waals surface area contributed by atoms with E-state index in [0.717, 1.165) is 35.9 Å². The maximum absolute atomic E-state index is 12.4. The van der Waals surface area contributed by atoms with Gasteiger partial charge in [0.05, 0.1) is 19.1 Å². The fourth-order valence-corrected chi connectivity index (χ4v) is 3.13. The molecule has 0 bridgehead atoms. The normalized spacial score (nSPS) is 18.9. The van der Waals surface area contributed by atoms with Gasteiger partial charge in [0.1, 0.15) is 0 Å². The van der Waals surface area contributed by atoms with Crippen LogP contribution in [0.5, 0.6) is 0 Å². The summed E-state index contributed by atoms with van der Waals surface area (Å²) in [6, 6.07) is 6.14. The third-order valence-electron chi connectivity index (χ3n) is 4.26. The van der Waals surface area contributed by atoms with Gasteiger partial charge in [0.25, 0.3) is 0 Å². The average molecular weight is 272 g/mol. The first-order chi connectivity index (χ1) is 9.70. The van der Waals surface area contributed by atoms with Crippen molar-refractivity contribution in [2.75, 3.05) is 13.2 Å². The zero-order valence-corrected chi connectivity index (χ0v) is 11.7. The molecule has 1 fully saturated rings. The van der Waals surface area contributed by atoms with Crippen molar-refractivity contribution in [3.05, 3.63) is 35.5 Å². The lowest BCUT2D eigenvalue weighted by Crippen LogP contribution is -2.38. The summed E-state index contributed by atoms with van der Waals surface area (Å²) in [5.74, 6) is 0.115. The Morgan fingerprint density at radius 3 is 3.15 bits per heavy atom. The summed E-state index contributed by atoms with van der Waals surface area (Å²) in [6.07, 6.45) is 4.23. The second-order valence-corrected chi connectivity index (χ2v) is 5.55. The van der Waals surface area contributed by atoms with E-state index in [0.29, 0.717) is 6.42 Å². The highest BCUT2D eigenvalue weighted by molar-refractivity contribution is 5.90. The van der Waals surface area contributed by atoms with Crippen molar-refractivity contribution in [2.45, 2.75) is 32.2 Å². The molecule has 0 aliphatic carbocycles. The van der Waals surface area contributed by atoms with E-state index in [1.165, 1.54) is 5.56 Å². The highest BCUT2D eigenvalue weighted by Crippen LogP contribution is 2.24. The minimum Gasteiger partial charge on any atom is -0.394 e. The van der Waals surface area contributed by atoms with Crippen LogP contribution in [0.2, 0.25) is 0 Å². The molecule has 1 aromatic heterocycles. The van der Waals surface area contributed by atoms with E-state index in [2.05, 4.69) is 24.0 Å². The number of likely N-dealkylation sites (tertiary alicyclic amines) is 1. The number of fused-ring (bicyclic) bond motifs is 1. The molecule has 2 N–H and O–H groups in total. The van der Waals surface area contributed by atoms with Crippen LogP contribution in [-0.2, 0) is 11.2 Å². The van der Waals surface area contributed by atoms with Gasteiger partial charge in [0.15, 0.2) is 0 Å². The monoisotopic (exact) mass is 272 g/mol. The summed E-state index contributed by atoms with van der Waals surface area (Å²) in [5, 5.41) is 10.4. The van der Waals surface area contributed by atoms with Crippen molar-refractivity contribution in [1.29, 1.82) is 0 Å². The molecule has 2 heterocycles. The van der Waals surface area contributed by atoms with Crippen molar-refractivity contribution in [3.8, 4) is 0 Å². The van der Waals surface area contributed by atoms with Crippen LogP contribution in [0.25, 0.3) is 10.9 Å². The molecule has 3 rings (SSSR count). The van der Waals surface area contributed by atoms with Gasteiger partial charge in [-0.05, 0) is 30.9 Å². The van der Waals surface area contributed by atoms with Gasteiger partial charge in [-0.2, -0.15) is 0 Å². The molecule has 0 unspecified atom stereocenters. The second-order valence-electron chi connectivity index (χ2n) is 5.55. The topological polar surface area (TPSA) is 56.3 Å². The molecule has 20 heavy (non-hydrogen) atoms. The number of carbonyl (C=O) groups excluding carboxylic acids is 1.